The van der Waals surface area contributed by atoms with Crippen LogP contribution in [0.25, 0.3) is 10.6 Å². The number of nitrogens with one attached hydrogen (secondary N) is 2. The normalized spacial score (nSPS) is 12.7. The molecule has 0 saturated heterocycles. The number of H-pyrrole nitrogens is 1. The van der Waals surface area contributed by atoms with Gasteiger partial charge in [-0.25, -0.2) is 0 Å². The van der Waals surface area contributed by atoms with E-state index in [1.165, 1.54) is 10.4 Å². The Bertz CT molecular complexity index is 464. The number of hydrogen-bond acceptors (Lipinski definition) is 5. The Hall–Kier alpha value is -0.820. The van der Waals surface area contributed by atoms with E-state index in [4.69, 9.17) is 5.11 Å². The van der Waals surface area contributed by atoms with Gasteiger partial charge in [-0.2, -0.15) is 16.9 Å². The smallest absolute Gasteiger partial charge is 0.0794 e. The summed E-state index contributed by atoms with van der Waals surface area (Å²) in [7, 11) is 0. The highest BCUT2D eigenvalue weighted by Crippen LogP contribution is 2.25. The van der Waals surface area contributed by atoms with Crippen LogP contribution >= 0.6 is 23.1 Å². The maximum absolute atomic E-state index is 9.06. The van der Waals surface area contributed by atoms with Crippen LogP contribution in [0.1, 0.15) is 12.0 Å². The van der Waals surface area contributed by atoms with E-state index in [1.807, 2.05) is 12.3 Å². The van der Waals surface area contributed by atoms with Crippen LogP contribution in [0.4, 0.5) is 0 Å². The van der Waals surface area contributed by atoms with Crippen molar-refractivity contribution in [2.24, 2.45) is 0 Å². The Morgan fingerprint density at radius 1 is 1.58 bits per heavy atom. The molecule has 0 aliphatic rings. The summed E-state index contributed by atoms with van der Waals surface area (Å²) in [5.74, 6) is 1.01. The highest BCUT2D eigenvalue weighted by atomic mass is 32.2. The summed E-state index contributed by atoms with van der Waals surface area (Å²) < 4.78 is 0. The first kappa shape index (κ1) is 14.6. The molecule has 104 valence electrons. The molecule has 2 aromatic rings. The molecule has 0 aliphatic heterocycles. The number of aromatic nitrogens is 2. The number of aliphatic hydroxyl groups is 1. The average molecular weight is 297 g/mol. The van der Waals surface area contributed by atoms with Gasteiger partial charge in [-0.3, -0.25) is 5.10 Å². The Kier molecular flexibility index (Phi) is 5.91. The van der Waals surface area contributed by atoms with Crippen molar-refractivity contribution in [2.45, 2.75) is 19.0 Å². The van der Waals surface area contributed by atoms with Gasteiger partial charge in [-0.05, 0) is 24.1 Å². The maximum atomic E-state index is 9.06. The number of rotatable bonds is 8. The standard InChI is InChI=1S/C13H19N3OS2/c1-18-9-11(4-5-17)14-7-10-8-15-16-13(10)12-3-2-6-19-12/h2-3,6,8,11,14,17H,4-5,7,9H2,1H3,(H,15,16). The minimum Gasteiger partial charge on any atom is -0.396 e. The fourth-order valence-electron chi connectivity index (χ4n) is 1.93. The quantitative estimate of drug-likeness (QED) is 0.700. The molecular formula is C13H19N3OS2. The Morgan fingerprint density at radius 2 is 2.47 bits per heavy atom. The van der Waals surface area contributed by atoms with E-state index in [2.05, 4.69) is 33.2 Å². The van der Waals surface area contributed by atoms with Crippen molar-refractivity contribution in [1.29, 1.82) is 0 Å². The first-order valence-corrected chi connectivity index (χ1v) is 8.51. The lowest BCUT2D eigenvalue weighted by Gasteiger charge is -2.16. The molecule has 0 aliphatic carbocycles. The third-order valence-electron chi connectivity index (χ3n) is 2.91. The van der Waals surface area contributed by atoms with Crippen LogP contribution in [0.3, 0.4) is 0 Å². The molecule has 0 fully saturated rings. The molecule has 4 nitrogen and oxygen atoms in total. The van der Waals surface area contributed by atoms with Crippen LogP contribution in [0.5, 0.6) is 0 Å². The van der Waals surface area contributed by atoms with E-state index >= 15 is 0 Å². The first-order chi connectivity index (χ1) is 9.35. The fraction of sp³-hybridized carbons (Fsp3) is 0.462. The van der Waals surface area contributed by atoms with Gasteiger partial charge in [0.15, 0.2) is 0 Å². The third kappa shape index (κ3) is 4.07. The molecule has 0 bridgehead atoms. The van der Waals surface area contributed by atoms with E-state index in [9.17, 15) is 0 Å². The van der Waals surface area contributed by atoms with Gasteiger partial charge in [0.2, 0.25) is 0 Å². The Labute approximate surface area is 121 Å². The van der Waals surface area contributed by atoms with Gasteiger partial charge in [0, 0.05) is 30.5 Å². The molecule has 0 spiro atoms. The zero-order chi connectivity index (χ0) is 13.5. The summed E-state index contributed by atoms with van der Waals surface area (Å²) in [6, 6.07) is 4.47. The van der Waals surface area contributed by atoms with Crippen molar-refractivity contribution < 1.29 is 5.11 Å². The monoisotopic (exact) mass is 297 g/mol. The minimum atomic E-state index is 0.224. The summed E-state index contributed by atoms with van der Waals surface area (Å²) in [6.07, 6.45) is 4.74. The van der Waals surface area contributed by atoms with E-state index < -0.39 is 0 Å². The number of thioether (sulfide) groups is 1. The zero-order valence-corrected chi connectivity index (χ0v) is 12.6. The molecule has 0 saturated carbocycles. The third-order valence-corrected chi connectivity index (χ3v) is 4.54. The fourth-order valence-corrected chi connectivity index (χ4v) is 3.38. The van der Waals surface area contributed by atoms with Gasteiger partial charge < -0.3 is 10.4 Å². The number of hydrogen-bond donors (Lipinski definition) is 3. The molecule has 19 heavy (non-hydrogen) atoms. The topological polar surface area (TPSA) is 60.9 Å². The minimum absolute atomic E-state index is 0.224. The van der Waals surface area contributed by atoms with Gasteiger partial charge in [0.25, 0.3) is 0 Å². The number of aliphatic hydroxyl groups excluding tert-OH is 1. The molecule has 2 heterocycles. The number of thiophene rings is 1. The van der Waals surface area contributed by atoms with Crippen LogP contribution in [0, 0.1) is 0 Å². The Morgan fingerprint density at radius 3 is 3.16 bits per heavy atom. The molecule has 2 rings (SSSR count). The van der Waals surface area contributed by atoms with Crippen molar-refractivity contribution in [2.75, 3.05) is 18.6 Å². The summed E-state index contributed by atoms with van der Waals surface area (Å²) >= 11 is 3.50. The van der Waals surface area contributed by atoms with E-state index in [1.54, 1.807) is 23.1 Å². The molecule has 0 radical (unpaired) electrons. The molecule has 0 aromatic carbocycles. The van der Waals surface area contributed by atoms with E-state index in [0.29, 0.717) is 6.04 Å². The summed E-state index contributed by atoms with van der Waals surface area (Å²) in [5.41, 5.74) is 2.26. The summed E-state index contributed by atoms with van der Waals surface area (Å²) in [6.45, 7) is 0.996. The highest BCUT2D eigenvalue weighted by molar-refractivity contribution is 7.98. The number of nitrogens with zero attached hydrogens (tertiary/aromatic N) is 1. The predicted octanol–water partition coefficient (Wildman–Crippen LogP) is 2.34. The van der Waals surface area contributed by atoms with Gasteiger partial charge in [0.05, 0.1) is 16.8 Å². The van der Waals surface area contributed by atoms with Crippen LogP contribution in [0.15, 0.2) is 23.7 Å². The lowest BCUT2D eigenvalue weighted by molar-refractivity contribution is 0.270. The van der Waals surface area contributed by atoms with Gasteiger partial charge in [0.1, 0.15) is 0 Å². The van der Waals surface area contributed by atoms with Crippen LogP contribution < -0.4 is 5.32 Å². The van der Waals surface area contributed by atoms with Crippen molar-refractivity contribution >= 4 is 23.1 Å². The largest absolute Gasteiger partial charge is 0.396 e. The predicted molar refractivity (Wildman–Crippen MR) is 82.6 cm³/mol. The molecule has 1 unspecified atom stereocenters. The molecule has 3 N–H and O–H groups in total. The molecule has 2 aromatic heterocycles. The van der Waals surface area contributed by atoms with Crippen LogP contribution in [-0.4, -0.2) is 40.0 Å². The zero-order valence-electron chi connectivity index (χ0n) is 10.9. The van der Waals surface area contributed by atoms with Gasteiger partial charge in [-0.15, -0.1) is 11.3 Å². The van der Waals surface area contributed by atoms with Crippen molar-refractivity contribution in [1.82, 2.24) is 15.5 Å². The summed E-state index contributed by atoms with van der Waals surface area (Å²) in [5, 5.41) is 21.8. The van der Waals surface area contributed by atoms with Crippen molar-refractivity contribution in [3.05, 3.63) is 29.3 Å². The van der Waals surface area contributed by atoms with Crippen molar-refractivity contribution in [3.8, 4) is 10.6 Å². The SMILES string of the molecule is CSCC(CCO)NCc1cn[nH]c1-c1cccs1. The van der Waals surface area contributed by atoms with Crippen molar-refractivity contribution in [3.63, 3.8) is 0 Å². The molecular weight excluding hydrogens is 278 g/mol. The average Bonchev–Trinajstić information content (AvgIpc) is 3.07. The highest BCUT2D eigenvalue weighted by Gasteiger charge is 2.11. The van der Waals surface area contributed by atoms with Crippen LogP contribution in [0.2, 0.25) is 0 Å². The van der Waals surface area contributed by atoms with Crippen LogP contribution in [-0.2, 0) is 6.54 Å². The van der Waals surface area contributed by atoms with E-state index in [-0.39, 0.29) is 6.61 Å². The molecule has 0 amide bonds. The number of aromatic amines is 1. The maximum Gasteiger partial charge on any atom is 0.0794 e. The second kappa shape index (κ2) is 7.69. The lowest BCUT2D eigenvalue weighted by atomic mass is 10.2. The lowest BCUT2D eigenvalue weighted by Crippen LogP contribution is -2.31. The second-order valence-corrected chi connectivity index (χ2v) is 6.15. The Balaban J connectivity index is 1.98. The first-order valence-electron chi connectivity index (χ1n) is 6.24. The van der Waals surface area contributed by atoms with E-state index in [0.717, 1.165) is 24.4 Å². The summed E-state index contributed by atoms with van der Waals surface area (Å²) in [4.78, 5) is 1.21. The van der Waals surface area contributed by atoms with Gasteiger partial charge in [-0.1, -0.05) is 6.07 Å². The second-order valence-electron chi connectivity index (χ2n) is 4.29. The van der Waals surface area contributed by atoms with Gasteiger partial charge >= 0.3 is 0 Å². The molecule has 6 heteroatoms. The molecule has 1 atom stereocenters.